The molecule has 7 heteroatoms. The predicted octanol–water partition coefficient (Wildman–Crippen LogP) is 2.85. The molecule has 1 aromatic rings. The molecule has 0 aliphatic heterocycles. The highest BCUT2D eigenvalue weighted by Crippen LogP contribution is 2.34. The highest BCUT2D eigenvalue weighted by molar-refractivity contribution is 7.99. The van der Waals surface area contributed by atoms with Gasteiger partial charge in [0.25, 0.3) is 0 Å². The Morgan fingerprint density at radius 2 is 2.14 bits per heavy atom. The van der Waals surface area contributed by atoms with Gasteiger partial charge in [-0.3, -0.25) is 0 Å². The number of nitriles is 2. The third-order valence-corrected chi connectivity index (χ3v) is 3.38. The van der Waals surface area contributed by atoms with Gasteiger partial charge in [0, 0.05) is 17.2 Å². The Kier molecular flexibility index (Phi) is 6.12. The molecule has 0 bridgehead atoms. The van der Waals surface area contributed by atoms with Crippen molar-refractivity contribution < 1.29 is 14.6 Å². The normalized spacial score (nSPS) is 9.14. The zero-order valence-corrected chi connectivity index (χ0v) is 12.3. The minimum absolute atomic E-state index is 0.0590. The van der Waals surface area contributed by atoms with Crippen LogP contribution in [0.3, 0.4) is 0 Å². The molecule has 1 rings (SSSR count). The summed E-state index contributed by atoms with van der Waals surface area (Å²) in [4.78, 5) is 11.9. The standard InChI is InChI=1S/C14H13N3O3S/c1-3-21-13-4-10(14(18)19)12(20-2)5-11(13)17-8-9(6-15)7-16/h4-5,8,17H,3H2,1-2H3,(H,18,19). The first-order valence-corrected chi connectivity index (χ1v) is 6.90. The minimum Gasteiger partial charge on any atom is -0.496 e. The number of hydrogen-bond donors (Lipinski definition) is 2. The topological polar surface area (TPSA) is 106 Å². The second-order valence-electron chi connectivity index (χ2n) is 3.71. The average Bonchev–Trinajstić information content (AvgIpc) is 2.49. The Labute approximate surface area is 126 Å². The molecule has 0 radical (unpaired) electrons. The molecule has 0 unspecified atom stereocenters. The van der Waals surface area contributed by atoms with Crippen LogP contribution in [0.1, 0.15) is 17.3 Å². The first-order chi connectivity index (χ1) is 10.1. The molecular formula is C14H13N3O3S. The van der Waals surface area contributed by atoms with E-state index in [0.29, 0.717) is 10.6 Å². The second-order valence-corrected chi connectivity index (χ2v) is 5.02. The fourth-order valence-electron chi connectivity index (χ4n) is 1.52. The van der Waals surface area contributed by atoms with E-state index in [1.54, 1.807) is 12.1 Å². The first-order valence-electron chi connectivity index (χ1n) is 5.92. The molecule has 0 aliphatic carbocycles. The van der Waals surface area contributed by atoms with E-state index in [-0.39, 0.29) is 16.9 Å². The van der Waals surface area contributed by atoms with Crippen molar-refractivity contribution in [2.45, 2.75) is 11.8 Å². The third kappa shape index (κ3) is 4.16. The third-order valence-electron chi connectivity index (χ3n) is 2.44. The van der Waals surface area contributed by atoms with Gasteiger partial charge in [0.05, 0.1) is 12.8 Å². The highest BCUT2D eigenvalue weighted by atomic mass is 32.2. The summed E-state index contributed by atoms with van der Waals surface area (Å²) in [5.74, 6) is -0.136. The molecule has 0 saturated carbocycles. The van der Waals surface area contributed by atoms with Crippen molar-refractivity contribution in [2.24, 2.45) is 0 Å². The number of nitrogens with one attached hydrogen (secondary N) is 1. The second kappa shape index (κ2) is 7.83. The van der Waals surface area contributed by atoms with E-state index >= 15 is 0 Å². The maximum atomic E-state index is 11.2. The van der Waals surface area contributed by atoms with Crippen molar-refractivity contribution in [3.63, 3.8) is 0 Å². The SMILES string of the molecule is CCSc1cc(C(=O)O)c(OC)cc1NC=C(C#N)C#N. The van der Waals surface area contributed by atoms with Crippen LogP contribution in [0.5, 0.6) is 5.75 Å². The predicted molar refractivity (Wildman–Crippen MR) is 79.3 cm³/mol. The zero-order valence-electron chi connectivity index (χ0n) is 11.5. The molecule has 0 amide bonds. The summed E-state index contributed by atoms with van der Waals surface area (Å²) >= 11 is 1.44. The molecule has 0 heterocycles. The number of methoxy groups -OCH3 is 1. The van der Waals surface area contributed by atoms with Crippen LogP contribution < -0.4 is 10.1 Å². The molecule has 0 atom stereocenters. The van der Waals surface area contributed by atoms with Crippen LogP contribution in [-0.2, 0) is 0 Å². The fraction of sp³-hybridized carbons (Fsp3) is 0.214. The number of thioether (sulfide) groups is 1. The van der Waals surface area contributed by atoms with Crippen LogP contribution in [0, 0.1) is 22.7 Å². The molecule has 0 saturated heterocycles. The van der Waals surface area contributed by atoms with Crippen molar-refractivity contribution in [3.05, 3.63) is 29.5 Å². The van der Waals surface area contributed by atoms with Crippen LogP contribution in [0.2, 0.25) is 0 Å². The number of anilines is 1. The highest BCUT2D eigenvalue weighted by Gasteiger charge is 2.15. The maximum Gasteiger partial charge on any atom is 0.339 e. The van der Waals surface area contributed by atoms with E-state index in [9.17, 15) is 4.79 Å². The Hall–Kier alpha value is -2.64. The lowest BCUT2D eigenvalue weighted by molar-refractivity contribution is 0.0693. The summed E-state index contributed by atoms with van der Waals surface area (Å²) in [6, 6.07) is 6.51. The van der Waals surface area contributed by atoms with Gasteiger partial charge >= 0.3 is 5.97 Å². The maximum absolute atomic E-state index is 11.2. The van der Waals surface area contributed by atoms with Gasteiger partial charge in [-0.15, -0.1) is 11.8 Å². The summed E-state index contributed by atoms with van der Waals surface area (Å²) in [6.45, 7) is 1.94. The number of hydrogen-bond acceptors (Lipinski definition) is 6. The molecule has 0 aromatic heterocycles. The van der Waals surface area contributed by atoms with Crippen molar-refractivity contribution in [2.75, 3.05) is 18.2 Å². The van der Waals surface area contributed by atoms with Gasteiger partial charge in [0.15, 0.2) is 0 Å². The number of benzene rings is 1. The van der Waals surface area contributed by atoms with E-state index in [4.69, 9.17) is 20.4 Å². The lowest BCUT2D eigenvalue weighted by atomic mass is 10.1. The fourth-order valence-corrected chi connectivity index (χ4v) is 2.31. The molecule has 108 valence electrons. The number of allylic oxidation sites excluding steroid dienone is 1. The number of carbonyl (C=O) groups is 1. The van der Waals surface area contributed by atoms with Crippen LogP contribution >= 0.6 is 11.8 Å². The Balaban J connectivity index is 3.30. The number of aromatic carboxylic acids is 1. The molecule has 0 spiro atoms. The molecular weight excluding hydrogens is 290 g/mol. The van der Waals surface area contributed by atoms with Gasteiger partial charge in [0.1, 0.15) is 29.0 Å². The van der Waals surface area contributed by atoms with Crippen molar-refractivity contribution >= 4 is 23.4 Å². The summed E-state index contributed by atoms with van der Waals surface area (Å²) in [5, 5.41) is 29.4. The van der Waals surface area contributed by atoms with E-state index < -0.39 is 5.97 Å². The Morgan fingerprint density at radius 3 is 2.62 bits per heavy atom. The summed E-state index contributed by atoms with van der Waals surface area (Å²) in [7, 11) is 1.38. The van der Waals surface area contributed by atoms with E-state index in [1.807, 2.05) is 6.92 Å². The summed E-state index contributed by atoms with van der Waals surface area (Å²) < 4.78 is 5.06. The van der Waals surface area contributed by atoms with Gasteiger partial charge in [-0.25, -0.2) is 4.79 Å². The van der Waals surface area contributed by atoms with Gasteiger partial charge in [-0.2, -0.15) is 10.5 Å². The summed E-state index contributed by atoms with van der Waals surface area (Å²) in [6.07, 6.45) is 1.27. The Bertz CT molecular complexity index is 641. The summed E-state index contributed by atoms with van der Waals surface area (Å²) in [5.41, 5.74) is 0.555. The van der Waals surface area contributed by atoms with Crippen LogP contribution in [0.4, 0.5) is 5.69 Å². The number of rotatable bonds is 6. The number of ether oxygens (including phenoxy) is 1. The number of carboxylic acids is 1. The van der Waals surface area contributed by atoms with Crippen LogP contribution in [-0.4, -0.2) is 23.9 Å². The first kappa shape index (κ1) is 16.4. The lowest BCUT2D eigenvalue weighted by Crippen LogP contribution is -2.03. The number of nitrogens with zero attached hydrogens (tertiary/aromatic N) is 2. The van der Waals surface area contributed by atoms with Crippen LogP contribution in [0.25, 0.3) is 0 Å². The van der Waals surface area contributed by atoms with Crippen molar-refractivity contribution in [1.29, 1.82) is 10.5 Å². The lowest BCUT2D eigenvalue weighted by Gasteiger charge is -2.13. The minimum atomic E-state index is -1.08. The van der Waals surface area contributed by atoms with Crippen LogP contribution in [0.15, 0.2) is 28.8 Å². The smallest absolute Gasteiger partial charge is 0.339 e. The van der Waals surface area contributed by atoms with E-state index in [0.717, 1.165) is 5.75 Å². The largest absolute Gasteiger partial charge is 0.496 e. The average molecular weight is 303 g/mol. The number of carboxylic acid groups (broad SMARTS) is 1. The molecule has 0 fully saturated rings. The van der Waals surface area contributed by atoms with Gasteiger partial charge in [0.2, 0.25) is 0 Å². The van der Waals surface area contributed by atoms with Gasteiger partial charge < -0.3 is 15.2 Å². The molecule has 0 aliphatic rings. The van der Waals surface area contributed by atoms with E-state index in [2.05, 4.69) is 5.32 Å². The molecule has 21 heavy (non-hydrogen) atoms. The molecule has 1 aromatic carbocycles. The monoisotopic (exact) mass is 303 g/mol. The van der Waals surface area contributed by atoms with E-state index in [1.165, 1.54) is 37.2 Å². The Morgan fingerprint density at radius 1 is 1.48 bits per heavy atom. The quantitative estimate of drug-likeness (QED) is 0.614. The molecule has 6 nitrogen and oxygen atoms in total. The van der Waals surface area contributed by atoms with Crippen molar-refractivity contribution in [3.8, 4) is 17.9 Å². The van der Waals surface area contributed by atoms with Gasteiger partial charge in [-0.05, 0) is 11.8 Å². The molecule has 2 N–H and O–H groups in total. The van der Waals surface area contributed by atoms with Crippen molar-refractivity contribution in [1.82, 2.24) is 0 Å². The zero-order chi connectivity index (χ0) is 15.8. The van der Waals surface area contributed by atoms with Gasteiger partial charge in [-0.1, -0.05) is 6.92 Å².